The smallest absolute Gasteiger partial charge is 0.327 e. The van der Waals surface area contributed by atoms with Crippen LogP contribution in [-0.4, -0.2) is 39.2 Å². The van der Waals surface area contributed by atoms with Gasteiger partial charge in [0.05, 0.1) is 16.6 Å². The van der Waals surface area contributed by atoms with Gasteiger partial charge in [0.15, 0.2) is 0 Å². The highest BCUT2D eigenvalue weighted by molar-refractivity contribution is 8.00. The summed E-state index contributed by atoms with van der Waals surface area (Å²) in [4.78, 5) is 25.0. The van der Waals surface area contributed by atoms with Crippen molar-refractivity contribution in [2.75, 3.05) is 11.1 Å². The number of carboxylic acids is 1. The van der Waals surface area contributed by atoms with Crippen LogP contribution < -0.4 is 5.32 Å². The van der Waals surface area contributed by atoms with E-state index in [-0.39, 0.29) is 5.37 Å². The van der Waals surface area contributed by atoms with Crippen LogP contribution in [-0.2, 0) is 4.79 Å². The van der Waals surface area contributed by atoms with Gasteiger partial charge in [-0.25, -0.2) is 9.59 Å². The fourth-order valence-corrected chi connectivity index (χ4v) is 3.56. The van der Waals surface area contributed by atoms with Crippen LogP contribution in [0.5, 0.6) is 0 Å². The molecule has 2 unspecified atom stereocenters. The predicted molar refractivity (Wildman–Crippen MR) is 80.0 cm³/mol. The summed E-state index contributed by atoms with van der Waals surface area (Å²) in [5.74, 6) is -0.636. The van der Waals surface area contributed by atoms with Gasteiger partial charge in [-0.2, -0.15) is 5.26 Å². The van der Waals surface area contributed by atoms with Gasteiger partial charge >= 0.3 is 12.0 Å². The number of nitriles is 1. The lowest BCUT2D eigenvalue weighted by atomic mass is 10.2. The Balaban J connectivity index is 2.21. The predicted octanol–water partition coefficient (Wildman–Crippen LogP) is 2.33. The van der Waals surface area contributed by atoms with E-state index in [1.165, 1.54) is 16.7 Å². The van der Waals surface area contributed by atoms with E-state index in [4.69, 9.17) is 5.26 Å². The lowest BCUT2D eigenvalue weighted by Gasteiger charge is -2.26. The molecule has 2 amide bonds. The van der Waals surface area contributed by atoms with Crippen LogP contribution in [0.3, 0.4) is 0 Å². The molecule has 0 aliphatic carbocycles. The van der Waals surface area contributed by atoms with Crippen molar-refractivity contribution in [1.82, 2.24) is 4.90 Å². The molecular formula is C14H15N3O3S. The van der Waals surface area contributed by atoms with Crippen molar-refractivity contribution in [1.29, 1.82) is 5.26 Å². The molecule has 1 saturated heterocycles. The summed E-state index contributed by atoms with van der Waals surface area (Å²) >= 11 is 1.45. The number of aliphatic carboxylic acids is 1. The van der Waals surface area contributed by atoms with Crippen molar-refractivity contribution < 1.29 is 14.7 Å². The van der Waals surface area contributed by atoms with E-state index in [2.05, 4.69) is 5.32 Å². The molecule has 1 aromatic rings. The zero-order chi connectivity index (χ0) is 15.4. The molecule has 6 nitrogen and oxygen atoms in total. The summed E-state index contributed by atoms with van der Waals surface area (Å²) in [6.07, 6.45) is 0.668. The second kappa shape index (κ2) is 6.50. The molecule has 2 rings (SSSR count). The average molecular weight is 305 g/mol. The fraction of sp³-hybridized carbons (Fsp3) is 0.357. The zero-order valence-electron chi connectivity index (χ0n) is 11.4. The van der Waals surface area contributed by atoms with Gasteiger partial charge in [0.2, 0.25) is 0 Å². The van der Waals surface area contributed by atoms with Gasteiger partial charge in [-0.1, -0.05) is 19.1 Å². The van der Waals surface area contributed by atoms with E-state index in [0.717, 1.165) is 0 Å². The van der Waals surface area contributed by atoms with E-state index in [1.807, 2.05) is 13.0 Å². The summed E-state index contributed by atoms with van der Waals surface area (Å²) in [6.45, 7) is 1.91. The van der Waals surface area contributed by atoms with Gasteiger partial charge in [-0.15, -0.1) is 11.8 Å². The van der Waals surface area contributed by atoms with Gasteiger partial charge in [0, 0.05) is 5.75 Å². The van der Waals surface area contributed by atoms with E-state index < -0.39 is 18.0 Å². The second-order valence-electron chi connectivity index (χ2n) is 4.55. The standard InChI is InChI=1S/C14H15N3O3S/c1-2-12-17(11(8-21-12)13(18)19)14(20)16-10-6-4-3-5-9(10)7-15/h3-6,11-12H,2,8H2,1H3,(H,16,20)(H,18,19). The van der Waals surface area contributed by atoms with Gasteiger partial charge in [-0.05, 0) is 18.6 Å². The number of thioether (sulfide) groups is 1. The number of nitrogens with zero attached hydrogens (tertiary/aromatic N) is 2. The van der Waals surface area contributed by atoms with Crippen molar-refractivity contribution in [2.45, 2.75) is 24.8 Å². The summed E-state index contributed by atoms with van der Waals surface area (Å²) in [5, 5.41) is 20.7. The van der Waals surface area contributed by atoms with Crippen LogP contribution in [0.25, 0.3) is 0 Å². The largest absolute Gasteiger partial charge is 0.480 e. The SMILES string of the molecule is CCC1SCC(C(=O)O)N1C(=O)Nc1ccccc1C#N. The van der Waals surface area contributed by atoms with Crippen LogP contribution in [0, 0.1) is 11.3 Å². The molecule has 0 radical (unpaired) electrons. The normalized spacial score (nSPS) is 20.9. The first-order valence-corrected chi connectivity index (χ1v) is 7.56. The molecule has 0 aromatic heterocycles. The van der Waals surface area contributed by atoms with Crippen LogP contribution in [0.2, 0.25) is 0 Å². The fourth-order valence-electron chi connectivity index (χ4n) is 2.21. The minimum Gasteiger partial charge on any atom is -0.480 e. The highest BCUT2D eigenvalue weighted by Gasteiger charge is 2.40. The van der Waals surface area contributed by atoms with Crippen molar-refractivity contribution in [3.05, 3.63) is 29.8 Å². The van der Waals surface area contributed by atoms with Crippen molar-refractivity contribution in [3.63, 3.8) is 0 Å². The Morgan fingerprint density at radius 2 is 2.24 bits per heavy atom. The van der Waals surface area contributed by atoms with Gasteiger partial charge in [0.1, 0.15) is 12.1 Å². The number of carboxylic acid groups (broad SMARTS) is 1. The number of carbonyl (C=O) groups is 2. The van der Waals surface area contributed by atoms with Gasteiger partial charge < -0.3 is 10.4 Å². The number of benzene rings is 1. The zero-order valence-corrected chi connectivity index (χ0v) is 12.3. The van der Waals surface area contributed by atoms with Crippen LogP contribution in [0.4, 0.5) is 10.5 Å². The summed E-state index contributed by atoms with van der Waals surface area (Å²) in [7, 11) is 0. The van der Waals surface area contributed by atoms with E-state index in [1.54, 1.807) is 24.3 Å². The Labute approximate surface area is 126 Å². The number of urea groups is 1. The highest BCUT2D eigenvalue weighted by atomic mass is 32.2. The minimum atomic E-state index is -1.01. The summed E-state index contributed by atoms with van der Waals surface area (Å²) in [6, 6.07) is 7.30. The van der Waals surface area contributed by atoms with E-state index >= 15 is 0 Å². The number of rotatable bonds is 3. The highest BCUT2D eigenvalue weighted by Crippen LogP contribution is 2.32. The molecule has 0 bridgehead atoms. The summed E-state index contributed by atoms with van der Waals surface area (Å²) in [5.41, 5.74) is 0.735. The average Bonchev–Trinajstić information content (AvgIpc) is 2.92. The quantitative estimate of drug-likeness (QED) is 0.894. The Kier molecular flexibility index (Phi) is 4.70. The Morgan fingerprint density at radius 3 is 2.86 bits per heavy atom. The molecule has 110 valence electrons. The number of nitrogens with one attached hydrogen (secondary N) is 1. The number of hydrogen-bond donors (Lipinski definition) is 2. The molecule has 1 aliphatic rings. The summed E-state index contributed by atoms with van der Waals surface area (Å²) < 4.78 is 0. The molecule has 2 N–H and O–H groups in total. The number of anilines is 1. The number of carbonyl (C=O) groups excluding carboxylic acids is 1. The maximum Gasteiger partial charge on any atom is 0.327 e. The number of para-hydroxylation sites is 1. The Hall–Kier alpha value is -2.20. The maximum atomic E-state index is 12.4. The minimum absolute atomic E-state index is 0.166. The van der Waals surface area contributed by atoms with E-state index in [9.17, 15) is 14.7 Å². The lowest BCUT2D eigenvalue weighted by molar-refractivity contribution is -0.141. The molecule has 0 saturated carbocycles. The first kappa shape index (κ1) is 15.2. The van der Waals surface area contributed by atoms with E-state index in [0.29, 0.717) is 23.4 Å². The van der Waals surface area contributed by atoms with Crippen molar-refractivity contribution >= 4 is 29.4 Å². The second-order valence-corrected chi connectivity index (χ2v) is 5.76. The van der Waals surface area contributed by atoms with Gasteiger partial charge in [0.25, 0.3) is 0 Å². The molecule has 1 fully saturated rings. The Morgan fingerprint density at radius 1 is 1.52 bits per heavy atom. The van der Waals surface area contributed by atoms with Crippen molar-refractivity contribution in [2.24, 2.45) is 0 Å². The molecule has 7 heteroatoms. The van der Waals surface area contributed by atoms with Crippen LogP contribution >= 0.6 is 11.8 Å². The topological polar surface area (TPSA) is 93.4 Å². The molecule has 1 aromatic carbocycles. The molecule has 2 atom stereocenters. The lowest BCUT2D eigenvalue weighted by Crippen LogP contribution is -2.47. The molecule has 21 heavy (non-hydrogen) atoms. The first-order chi connectivity index (χ1) is 10.1. The van der Waals surface area contributed by atoms with Crippen LogP contribution in [0.1, 0.15) is 18.9 Å². The maximum absolute atomic E-state index is 12.4. The monoisotopic (exact) mass is 305 g/mol. The molecule has 1 aliphatic heterocycles. The third-order valence-corrected chi connectivity index (χ3v) is 4.70. The van der Waals surface area contributed by atoms with Crippen LogP contribution in [0.15, 0.2) is 24.3 Å². The third kappa shape index (κ3) is 3.11. The molecule has 1 heterocycles. The Bertz CT molecular complexity index is 599. The first-order valence-electron chi connectivity index (χ1n) is 6.51. The van der Waals surface area contributed by atoms with Crippen molar-refractivity contribution in [3.8, 4) is 6.07 Å². The molecular weight excluding hydrogens is 290 g/mol. The number of hydrogen-bond acceptors (Lipinski definition) is 4. The van der Waals surface area contributed by atoms with Gasteiger partial charge in [-0.3, -0.25) is 4.90 Å². The molecule has 0 spiro atoms. The third-order valence-electron chi connectivity index (χ3n) is 3.25. The number of amides is 2.